The van der Waals surface area contributed by atoms with E-state index in [9.17, 15) is 9.59 Å². The van der Waals surface area contributed by atoms with Gasteiger partial charge < -0.3 is 5.32 Å². The third-order valence-electron chi connectivity index (χ3n) is 3.62. The Morgan fingerprint density at radius 1 is 1.52 bits per heavy atom. The first-order valence-electron chi connectivity index (χ1n) is 7.36. The molecule has 1 aliphatic rings. The first kappa shape index (κ1) is 16.3. The van der Waals surface area contributed by atoms with Gasteiger partial charge in [0.15, 0.2) is 5.16 Å². The number of nitrogens with one attached hydrogen (secondary N) is 2. The molecule has 1 aliphatic carbocycles. The number of rotatable bonds is 5. The lowest BCUT2D eigenvalue weighted by atomic mass is 10.2. The van der Waals surface area contributed by atoms with Crippen molar-refractivity contribution in [3.05, 3.63) is 38.7 Å². The number of hydrogen-bond donors (Lipinski definition) is 2. The molecular formula is C15H17BrN4O2S. The molecule has 0 radical (unpaired) electrons. The zero-order chi connectivity index (χ0) is 16.6. The van der Waals surface area contributed by atoms with Crippen molar-refractivity contribution in [2.75, 3.05) is 5.32 Å². The van der Waals surface area contributed by atoms with Crippen molar-refractivity contribution in [2.24, 2.45) is 0 Å². The van der Waals surface area contributed by atoms with Gasteiger partial charge in [0.25, 0.3) is 0 Å². The number of hydrogen-bond acceptors (Lipinski definition) is 4. The molecule has 0 spiro atoms. The number of thioether (sulfide) groups is 1. The lowest BCUT2D eigenvalue weighted by molar-refractivity contribution is -0.115. The molecule has 0 aliphatic heterocycles. The summed E-state index contributed by atoms with van der Waals surface area (Å²) in [7, 11) is 0. The van der Waals surface area contributed by atoms with Crippen LogP contribution in [0.5, 0.6) is 0 Å². The van der Waals surface area contributed by atoms with Gasteiger partial charge in [0.2, 0.25) is 5.91 Å². The lowest BCUT2D eigenvalue weighted by Crippen LogP contribution is -2.24. The fourth-order valence-electron chi connectivity index (χ4n) is 2.20. The van der Waals surface area contributed by atoms with E-state index in [-0.39, 0.29) is 22.9 Å². The first-order chi connectivity index (χ1) is 11.0. The zero-order valence-corrected chi connectivity index (χ0v) is 15.2. The Bertz CT molecular complexity index is 797. The number of amides is 1. The monoisotopic (exact) mass is 396 g/mol. The summed E-state index contributed by atoms with van der Waals surface area (Å²) in [4.78, 5) is 24.1. The summed E-state index contributed by atoms with van der Waals surface area (Å²) >= 11 is 4.74. The van der Waals surface area contributed by atoms with Crippen LogP contribution in [0.25, 0.3) is 0 Å². The standard InChI is InChI=1S/C15H17BrN4O2S/c1-8-3-6-12(11(16)7-8)17-13(21)9(2)23-15-19-18-14(22)20(15)10-4-5-10/h3,6-7,9-10H,4-5H2,1-2H3,(H,17,21)(H,18,22)/t9-/m1/s1. The molecule has 1 aromatic carbocycles. The van der Waals surface area contributed by atoms with Gasteiger partial charge in [0.1, 0.15) is 0 Å². The van der Waals surface area contributed by atoms with Gasteiger partial charge in [-0.25, -0.2) is 9.89 Å². The molecule has 8 heteroatoms. The van der Waals surface area contributed by atoms with Crippen molar-refractivity contribution in [2.45, 2.75) is 43.1 Å². The number of aryl methyl sites for hydroxylation is 1. The molecule has 3 rings (SSSR count). The van der Waals surface area contributed by atoms with E-state index in [1.807, 2.05) is 25.1 Å². The van der Waals surface area contributed by atoms with Crippen LogP contribution in [0.15, 0.2) is 32.6 Å². The van der Waals surface area contributed by atoms with E-state index in [0.29, 0.717) is 5.16 Å². The summed E-state index contributed by atoms with van der Waals surface area (Å²) in [6.45, 7) is 3.79. The Morgan fingerprint density at radius 2 is 2.26 bits per heavy atom. The van der Waals surface area contributed by atoms with E-state index < -0.39 is 0 Å². The topological polar surface area (TPSA) is 79.8 Å². The van der Waals surface area contributed by atoms with Crippen LogP contribution in [0.4, 0.5) is 5.69 Å². The molecule has 122 valence electrons. The SMILES string of the molecule is Cc1ccc(NC(=O)[C@@H](C)Sc2n[nH]c(=O)n2C2CC2)c(Br)c1. The van der Waals surface area contributed by atoms with Gasteiger partial charge in [-0.05, 0) is 60.3 Å². The minimum atomic E-state index is -0.365. The van der Waals surface area contributed by atoms with Crippen molar-refractivity contribution >= 4 is 39.3 Å². The van der Waals surface area contributed by atoms with Crippen LogP contribution in [0.3, 0.4) is 0 Å². The second kappa shape index (κ2) is 6.52. The minimum Gasteiger partial charge on any atom is -0.324 e. The number of nitrogens with zero attached hydrogens (tertiary/aromatic N) is 2. The van der Waals surface area contributed by atoms with Gasteiger partial charge in [-0.2, -0.15) is 0 Å². The Hall–Kier alpha value is -1.54. The molecule has 1 amide bonds. The van der Waals surface area contributed by atoms with Gasteiger partial charge in [0, 0.05) is 10.5 Å². The third-order valence-corrected chi connectivity index (χ3v) is 5.34. The number of carbonyl (C=O) groups excluding carboxylic acids is 1. The number of halogens is 1. The van der Waals surface area contributed by atoms with Crippen LogP contribution in [-0.2, 0) is 4.79 Å². The molecule has 0 bridgehead atoms. The molecule has 2 N–H and O–H groups in total. The number of aromatic amines is 1. The second-order valence-corrected chi connectivity index (χ2v) is 7.81. The highest BCUT2D eigenvalue weighted by atomic mass is 79.9. The summed E-state index contributed by atoms with van der Waals surface area (Å²) < 4.78 is 2.49. The van der Waals surface area contributed by atoms with Crippen LogP contribution in [0.2, 0.25) is 0 Å². The normalized spacial score (nSPS) is 15.4. The zero-order valence-electron chi connectivity index (χ0n) is 12.8. The Morgan fingerprint density at radius 3 is 2.91 bits per heavy atom. The maximum absolute atomic E-state index is 12.4. The molecule has 0 unspecified atom stereocenters. The first-order valence-corrected chi connectivity index (χ1v) is 9.03. The average molecular weight is 397 g/mol. The van der Waals surface area contributed by atoms with Crippen molar-refractivity contribution in [1.29, 1.82) is 0 Å². The Kier molecular flexibility index (Phi) is 4.63. The highest BCUT2D eigenvalue weighted by Crippen LogP contribution is 2.37. The summed E-state index contributed by atoms with van der Waals surface area (Å²) in [5.41, 5.74) is 1.64. The van der Waals surface area contributed by atoms with E-state index in [4.69, 9.17) is 0 Å². The lowest BCUT2D eigenvalue weighted by Gasteiger charge is -2.13. The van der Waals surface area contributed by atoms with E-state index in [0.717, 1.165) is 28.6 Å². The van der Waals surface area contributed by atoms with Crippen molar-refractivity contribution in [3.8, 4) is 0 Å². The maximum atomic E-state index is 12.4. The van der Waals surface area contributed by atoms with Crippen LogP contribution < -0.4 is 11.0 Å². The predicted octanol–water partition coefficient (Wildman–Crippen LogP) is 3.10. The highest BCUT2D eigenvalue weighted by molar-refractivity contribution is 9.10. The molecule has 1 heterocycles. The number of carbonyl (C=O) groups is 1. The molecule has 6 nitrogen and oxygen atoms in total. The van der Waals surface area contributed by atoms with Crippen LogP contribution in [0.1, 0.15) is 31.4 Å². The van der Waals surface area contributed by atoms with E-state index >= 15 is 0 Å². The largest absolute Gasteiger partial charge is 0.344 e. The third kappa shape index (κ3) is 3.69. The van der Waals surface area contributed by atoms with E-state index in [1.165, 1.54) is 11.8 Å². The fraction of sp³-hybridized carbons (Fsp3) is 0.400. The van der Waals surface area contributed by atoms with Crippen LogP contribution in [0, 0.1) is 6.92 Å². The summed E-state index contributed by atoms with van der Waals surface area (Å²) in [6.07, 6.45) is 1.98. The highest BCUT2D eigenvalue weighted by Gasteiger charge is 2.30. The van der Waals surface area contributed by atoms with Gasteiger partial charge in [-0.3, -0.25) is 9.36 Å². The Labute approximate surface area is 146 Å². The van der Waals surface area contributed by atoms with Crippen LogP contribution >= 0.6 is 27.7 Å². The number of anilines is 1. The quantitative estimate of drug-likeness (QED) is 0.760. The van der Waals surface area contributed by atoms with Crippen molar-refractivity contribution < 1.29 is 4.79 Å². The molecular weight excluding hydrogens is 380 g/mol. The summed E-state index contributed by atoms with van der Waals surface area (Å²) in [5.74, 6) is -0.127. The molecule has 1 atom stereocenters. The Balaban J connectivity index is 1.69. The van der Waals surface area contributed by atoms with E-state index in [2.05, 4.69) is 31.4 Å². The molecule has 1 aromatic heterocycles. The van der Waals surface area contributed by atoms with Gasteiger partial charge in [-0.15, -0.1) is 5.10 Å². The van der Waals surface area contributed by atoms with Gasteiger partial charge >= 0.3 is 5.69 Å². The van der Waals surface area contributed by atoms with Crippen molar-refractivity contribution in [3.63, 3.8) is 0 Å². The number of aromatic nitrogens is 3. The molecule has 23 heavy (non-hydrogen) atoms. The number of benzene rings is 1. The molecule has 2 aromatic rings. The van der Waals surface area contributed by atoms with Gasteiger partial charge in [-0.1, -0.05) is 17.8 Å². The minimum absolute atomic E-state index is 0.127. The average Bonchev–Trinajstić information content (AvgIpc) is 3.26. The van der Waals surface area contributed by atoms with Crippen LogP contribution in [-0.4, -0.2) is 25.9 Å². The summed E-state index contributed by atoms with van der Waals surface area (Å²) in [5, 5.41) is 9.60. The fourth-order valence-corrected chi connectivity index (χ4v) is 3.71. The second-order valence-electron chi connectivity index (χ2n) is 5.65. The van der Waals surface area contributed by atoms with Gasteiger partial charge in [0.05, 0.1) is 10.9 Å². The predicted molar refractivity (Wildman–Crippen MR) is 93.9 cm³/mol. The van der Waals surface area contributed by atoms with E-state index in [1.54, 1.807) is 11.5 Å². The molecule has 0 saturated heterocycles. The number of H-pyrrole nitrogens is 1. The van der Waals surface area contributed by atoms with Crippen molar-refractivity contribution in [1.82, 2.24) is 14.8 Å². The smallest absolute Gasteiger partial charge is 0.324 e. The summed E-state index contributed by atoms with van der Waals surface area (Å²) in [6, 6.07) is 5.98. The molecule has 1 saturated carbocycles. The maximum Gasteiger partial charge on any atom is 0.344 e. The molecule has 1 fully saturated rings.